The van der Waals surface area contributed by atoms with Gasteiger partial charge in [0.1, 0.15) is 0 Å². The van der Waals surface area contributed by atoms with E-state index < -0.39 is 0 Å². The van der Waals surface area contributed by atoms with Crippen LogP contribution < -0.4 is 5.32 Å². The second-order valence-electron chi connectivity index (χ2n) is 12.7. The van der Waals surface area contributed by atoms with Gasteiger partial charge in [-0.1, -0.05) is 118 Å². The number of hydrogen-bond donors (Lipinski definition) is 1. The Bertz CT molecular complexity index is 493. The molecule has 1 N–H and O–H groups in total. The maximum atomic E-state index is 4.03. The van der Waals surface area contributed by atoms with E-state index >= 15 is 0 Å². The van der Waals surface area contributed by atoms with Crippen LogP contribution >= 0.6 is 0 Å². The van der Waals surface area contributed by atoms with E-state index in [1.807, 2.05) is 0 Å². The Morgan fingerprint density at radius 3 is 2.28 bits per heavy atom. The van der Waals surface area contributed by atoms with Gasteiger partial charge in [0.15, 0.2) is 0 Å². The molecule has 0 amide bonds. The van der Waals surface area contributed by atoms with Crippen molar-refractivity contribution in [3.8, 4) is 0 Å². The molecule has 1 aliphatic heterocycles. The van der Waals surface area contributed by atoms with Gasteiger partial charge >= 0.3 is 0 Å². The molecule has 1 nitrogen and oxygen atoms in total. The molecule has 188 valence electrons. The highest BCUT2D eigenvalue weighted by Crippen LogP contribution is 2.48. The fourth-order valence-electron chi connectivity index (χ4n) is 8.33. The van der Waals surface area contributed by atoms with E-state index in [2.05, 4.69) is 39.9 Å². The molecule has 1 heterocycles. The highest BCUT2D eigenvalue weighted by atomic mass is 15.1. The fraction of sp³-hybridized carbons (Fsp3) is 1.00. The molecule has 7 atom stereocenters. The lowest BCUT2D eigenvalue weighted by molar-refractivity contribution is -0.0246. The second-order valence-corrected chi connectivity index (χ2v) is 12.7. The second kappa shape index (κ2) is 13.7. The van der Waals surface area contributed by atoms with E-state index in [-0.39, 0.29) is 0 Å². The van der Waals surface area contributed by atoms with Gasteiger partial charge in [0.05, 0.1) is 0 Å². The van der Waals surface area contributed by atoms with Crippen molar-refractivity contribution in [3.05, 3.63) is 0 Å². The first-order valence-electron chi connectivity index (χ1n) is 15.3. The first-order valence-corrected chi connectivity index (χ1v) is 15.3. The molecule has 3 aliphatic rings. The third-order valence-corrected chi connectivity index (χ3v) is 10.4. The van der Waals surface area contributed by atoms with Crippen LogP contribution in [0.5, 0.6) is 0 Å². The minimum atomic E-state index is 0.826. The molecule has 0 aromatic carbocycles. The largest absolute Gasteiger partial charge is 0.311 e. The third kappa shape index (κ3) is 7.23. The standard InChI is InChI=1S/C31H59N/c1-6-14-27(23(3)4)28-20-22-30-31(24(28)5)29(32-30)21-19-25(7-2)15-10-8-11-16-26-17-12-9-13-18-26/h23-32H,6-22H2,1-5H3. The van der Waals surface area contributed by atoms with Crippen LogP contribution in [0.3, 0.4) is 0 Å². The average Bonchev–Trinajstić information content (AvgIpc) is 2.77. The Balaban J connectivity index is 1.36. The maximum Gasteiger partial charge on any atom is 0.0116 e. The van der Waals surface area contributed by atoms with Crippen molar-refractivity contribution >= 4 is 0 Å². The molecule has 1 heteroatoms. The highest BCUT2D eigenvalue weighted by molar-refractivity contribution is 5.05. The van der Waals surface area contributed by atoms with E-state index in [4.69, 9.17) is 0 Å². The van der Waals surface area contributed by atoms with Gasteiger partial charge in [-0.25, -0.2) is 0 Å². The van der Waals surface area contributed by atoms with Crippen LogP contribution in [0.1, 0.15) is 144 Å². The summed E-state index contributed by atoms with van der Waals surface area (Å²) in [4.78, 5) is 0. The van der Waals surface area contributed by atoms with E-state index in [0.29, 0.717) is 0 Å². The van der Waals surface area contributed by atoms with Gasteiger partial charge in [0.2, 0.25) is 0 Å². The van der Waals surface area contributed by atoms with Crippen LogP contribution in [-0.2, 0) is 0 Å². The summed E-state index contributed by atoms with van der Waals surface area (Å²) in [6, 6.07) is 1.67. The van der Waals surface area contributed by atoms with Gasteiger partial charge in [-0.15, -0.1) is 0 Å². The van der Waals surface area contributed by atoms with Gasteiger partial charge < -0.3 is 5.32 Å². The summed E-state index contributed by atoms with van der Waals surface area (Å²) >= 11 is 0. The molecule has 0 aromatic heterocycles. The molecule has 0 bridgehead atoms. The number of rotatable bonds is 14. The van der Waals surface area contributed by atoms with Crippen LogP contribution in [0.4, 0.5) is 0 Å². The molecule has 1 saturated heterocycles. The van der Waals surface area contributed by atoms with E-state index in [1.165, 1.54) is 109 Å². The lowest BCUT2D eigenvalue weighted by Crippen LogP contribution is -2.66. The van der Waals surface area contributed by atoms with Crippen molar-refractivity contribution in [2.24, 2.45) is 41.4 Å². The van der Waals surface area contributed by atoms with Crippen molar-refractivity contribution in [1.29, 1.82) is 0 Å². The van der Waals surface area contributed by atoms with Crippen molar-refractivity contribution in [2.45, 2.75) is 156 Å². The summed E-state index contributed by atoms with van der Waals surface area (Å²) in [7, 11) is 0. The molecule has 3 fully saturated rings. The zero-order chi connectivity index (χ0) is 22.9. The molecule has 2 saturated carbocycles. The molecule has 7 unspecified atom stereocenters. The molecule has 3 rings (SSSR count). The summed E-state index contributed by atoms with van der Waals surface area (Å²) in [6.07, 6.45) is 25.1. The summed E-state index contributed by atoms with van der Waals surface area (Å²) in [5.74, 6) is 6.74. The fourth-order valence-corrected chi connectivity index (χ4v) is 8.33. The lowest BCUT2D eigenvalue weighted by atomic mass is 9.57. The Labute approximate surface area is 202 Å². The van der Waals surface area contributed by atoms with E-state index in [1.54, 1.807) is 0 Å². The predicted molar refractivity (Wildman–Crippen MR) is 142 cm³/mol. The molecular weight excluding hydrogens is 386 g/mol. The summed E-state index contributed by atoms with van der Waals surface area (Å²) in [5, 5.41) is 4.03. The van der Waals surface area contributed by atoms with Crippen molar-refractivity contribution < 1.29 is 0 Å². The normalized spacial score (nSPS) is 33.0. The van der Waals surface area contributed by atoms with Crippen LogP contribution in [-0.4, -0.2) is 12.1 Å². The Kier molecular flexibility index (Phi) is 11.4. The summed E-state index contributed by atoms with van der Waals surface area (Å²) < 4.78 is 0. The van der Waals surface area contributed by atoms with Crippen molar-refractivity contribution in [2.75, 3.05) is 0 Å². The van der Waals surface area contributed by atoms with Gasteiger partial charge in [0, 0.05) is 12.1 Å². The highest BCUT2D eigenvalue weighted by Gasteiger charge is 2.49. The Morgan fingerprint density at radius 2 is 1.59 bits per heavy atom. The Morgan fingerprint density at radius 1 is 0.812 bits per heavy atom. The number of fused-ring (bicyclic) bond motifs is 1. The number of nitrogens with one attached hydrogen (secondary N) is 1. The first kappa shape index (κ1) is 26.6. The maximum absolute atomic E-state index is 4.03. The molecule has 0 aromatic rings. The van der Waals surface area contributed by atoms with Crippen LogP contribution in [0.25, 0.3) is 0 Å². The quantitative estimate of drug-likeness (QED) is 0.262. The van der Waals surface area contributed by atoms with Crippen molar-refractivity contribution in [1.82, 2.24) is 5.32 Å². The Hall–Kier alpha value is -0.0400. The number of hydrogen-bond acceptors (Lipinski definition) is 1. The van der Waals surface area contributed by atoms with Gasteiger partial charge in [-0.3, -0.25) is 0 Å². The molecule has 32 heavy (non-hydrogen) atoms. The SMILES string of the molecule is CCCC(C(C)C)C1CCC2NC(CCC(CC)CCCCCC3CCCCC3)C2C1C. The van der Waals surface area contributed by atoms with E-state index in [0.717, 1.165) is 53.5 Å². The first-order chi connectivity index (χ1) is 15.5. The van der Waals surface area contributed by atoms with Crippen LogP contribution in [0.2, 0.25) is 0 Å². The monoisotopic (exact) mass is 445 g/mol. The molecule has 0 radical (unpaired) electrons. The predicted octanol–water partition coefficient (Wildman–Crippen LogP) is 9.40. The zero-order valence-electron chi connectivity index (χ0n) is 22.7. The number of unbranched alkanes of at least 4 members (excludes halogenated alkanes) is 2. The van der Waals surface area contributed by atoms with Gasteiger partial charge in [0.25, 0.3) is 0 Å². The molecular formula is C31H59N. The van der Waals surface area contributed by atoms with Crippen molar-refractivity contribution in [3.63, 3.8) is 0 Å². The van der Waals surface area contributed by atoms with Gasteiger partial charge in [-0.05, 0) is 67.1 Å². The third-order valence-electron chi connectivity index (χ3n) is 10.4. The average molecular weight is 446 g/mol. The minimum Gasteiger partial charge on any atom is -0.311 e. The van der Waals surface area contributed by atoms with Gasteiger partial charge in [-0.2, -0.15) is 0 Å². The van der Waals surface area contributed by atoms with Crippen LogP contribution in [0.15, 0.2) is 0 Å². The topological polar surface area (TPSA) is 12.0 Å². The summed E-state index contributed by atoms with van der Waals surface area (Å²) in [6.45, 7) is 12.4. The molecule has 0 spiro atoms. The minimum absolute atomic E-state index is 0.826. The zero-order valence-corrected chi connectivity index (χ0v) is 22.7. The van der Waals surface area contributed by atoms with Crippen LogP contribution in [0, 0.1) is 41.4 Å². The summed E-state index contributed by atoms with van der Waals surface area (Å²) in [5.41, 5.74) is 0. The molecule has 2 aliphatic carbocycles. The smallest absolute Gasteiger partial charge is 0.0116 e. The lowest BCUT2D eigenvalue weighted by Gasteiger charge is -2.57. The van der Waals surface area contributed by atoms with E-state index in [9.17, 15) is 0 Å².